The number of unbranched alkanes of at least 4 members (excludes halogenated alkanes) is 6. The summed E-state index contributed by atoms with van der Waals surface area (Å²) >= 11 is 0. The lowest BCUT2D eigenvalue weighted by Crippen LogP contribution is -2.16. The Morgan fingerprint density at radius 1 is 1.17 bits per heavy atom. The van der Waals surface area contributed by atoms with Crippen molar-refractivity contribution in [2.75, 3.05) is 7.11 Å². The van der Waals surface area contributed by atoms with Gasteiger partial charge in [0.2, 0.25) is 5.91 Å². The molecule has 0 aliphatic carbocycles. The average molecular weight is 316 g/mol. The number of hydrogen-bond acceptors (Lipinski definition) is 3. The molecule has 0 fully saturated rings. The first-order valence-electron chi connectivity index (χ1n) is 8.33. The van der Waals surface area contributed by atoms with E-state index in [0.717, 1.165) is 30.6 Å². The number of benzene rings is 1. The summed E-state index contributed by atoms with van der Waals surface area (Å²) < 4.78 is 5.22. The zero-order chi connectivity index (χ0) is 16.8. The molecule has 23 heavy (non-hydrogen) atoms. The molecule has 0 saturated heterocycles. The minimum Gasteiger partial charge on any atom is -0.496 e. The molecule has 0 bridgehead atoms. The topological polar surface area (TPSA) is 50.7 Å². The quantitative estimate of drug-likeness (QED) is 0.268. The predicted molar refractivity (Wildman–Crippen MR) is 95.9 cm³/mol. The monoisotopic (exact) mass is 316 g/mol. The van der Waals surface area contributed by atoms with E-state index >= 15 is 0 Å². The molecular weight excluding hydrogens is 288 g/mol. The number of nitrogens with zero attached hydrogens (tertiary/aromatic N) is 1. The van der Waals surface area contributed by atoms with E-state index < -0.39 is 0 Å². The van der Waals surface area contributed by atoms with Crippen LogP contribution in [-0.2, 0) is 4.79 Å². The van der Waals surface area contributed by atoms with Crippen LogP contribution in [0.3, 0.4) is 0 Å². The van der Waals surface area contributed by atoms with Gasteiger partial charge in [-0.25, -0.2) is 5.43 Å². The van der Waals surface area contributed by atoms with Gasteiger partial charge < -0.3 is 4.74 Å². The number of para-hydroxylation sites is 1. The second-order valence-electron chi connectivity index (χ2n) is 5.48. The SMILES string of the molecule is C=CCCCCCCCCC(=O)N/N=C\c1ccccc1OC. The molecule has 0 heterocycles. The molecule has 4 nitrogen and oxygen atoms in total. The third-order valence-corrected chi connectivity index (χ3v) is 3.59. The molecular formula is C19H28N2O2. The number of allylic oxidation sites excluding steroid dienone is 1. The van der Waals surface area contributed by atoms with Crippen LogP contribution in [-0.4, -0.2) is 19.2 Å². The first-order valence-corrected chi connectivity index (χ1v) is 8.33. The summed E-state index contributed by atoms with van der Waals surface area (Å²) in [5.41, 5.74) is 3.41. The van der Waals surface area contributed by atoms with Gasteiger partial charge in [-0.15, -0.1) is 6.58 Å². The van der Waals surface area contributed by atoms with Crippen LogP contribution in [0.25, 0.3) is 0 Å². The van der Waals surface area contributed by atoms with Crippen molar-refractivity contribution in [3.8, 4) is 5.75 Å². The first kappa shape index (κ1) is 18.9. The second kappa shape index (κ2) is 12.4. The number of ether oxygens (including phenoxy) is 1. The van der Waals surface area contributed by atoms with Gasteiger partial charge in [-0.2, -0.15) is 5.10 Å². The zero-order valence-corrected chi connectivity index (χ0v) is 14.1. The third-order valence-electron chi connectivity index (χ3n) is 3.59. The van der Waals surface area contributed by atoms with Crippen molar-refractivity contribution in [2.45, 2.75) is 51.4 Å². The van der Waals surface area contributed by atoms with Crippen molar-refractivity contribution in [1.29, 1.82) is 0 Å². The van der Waals surface area contributed by atoms with Gasteiger partial charge in [-0.1, -0.05) is 43.9 Å². The van der Waals surface area contributed by atoms with E-state index in [1.165, 1.54) is 25.7 Å². The van der Waals surface area contributed by atoms with Gasteiger partial charge in [-0.3, -0.25) is 4.79 Å². The minimum absolute atomic E-state index is 0.0391. The Morgan fingerprint density at radius 2 is 1.87 bits per heavy atom. The molecule has 0 aromatic heterocycles. The molecule has 0 aliphatic rings. The van der Waals surface area contributed by atoms with E-state index in [1.54, 1.807) is 13.3 Å². The van der Waals surface area contributed by atoms with Crippen LogP contribution in [0.2, 0.25) is 0 Å². The average Bonchev–Trinajstić information content (AvgIpc) is 2.57. The van der Waals surface area contributed by atoms with Crippen LogP contribution < -0.4 is 10.2 Å². The smallest absolute Gasteiger partial charge is 0.240 e. The van der Waals surface area contributed by atoms with Crippen molar-refractivity contribution >= 4 is 12.1 Å². The fraction of sp³-hybridized carbons (Fsp3) is 0.474. The Hall–Kier alpha value is -2.10. The van der Waals surface area contributed by atoms with E-state index in [-0.39, 0.29) is 5.91 Å². The molecule has 1 N–H and O–H groups in total. The molecule has 0 aliphatic heterocycles. The largest absolute Gasteiger partial charge is 0.496 e. The summed E-state index contributed by atoms with van der Waals surface area (Å²) in [6.45, 7) is 3.72. The number of amides is 1. The summed E-state index contributed by atoms with van der Waals surface area (Å²) in [4.78, 5) is 11.7. The van der Waals surface area contributed by atoms with Crippen LogP contribution in [0.1, 0.15) is 56.9 Å². The molecule has 4 heteroatoms. The van der Waals surface area contributed by atoms with Crippen molar-refractivity contribution in [3.63, 3.8) is 0 Å². The van der Waals surface area contributed by atoms with Gasteiger partial charge >= 0.3 is 0 Å². The Morgan fingerprint density at radius 3 is 2.61 bits per heavy atom. The molecule has 1 amide bonds. The lowest BCUT2D eigenvalue weighted by molar-refractivity contribution is -0.121. The molecule has 0 spiro atoms. The molecule has 1 rings (SSSR count). The van der Waals surface area contributed by atoms with Crippen LogP contribution in [0.5, 0.6) is 5.75 Å². The van der Waals surface area contributed by atoms with Gasteiger partial charge in [0.1, 0.15) is 5.75 Å². The molecule has 0 saturated carbocycles. The highest BCUT2D eigenvalue weighted by molar-refractivity contribution is 5.85. The van der Waals surface area contributed by atoms with E-state index in [0.29, 0.717) is 6.42 Å². The zero-order valence-electron chi connectivity index (χ0n) is 14.1. The number of hydrogen-bond donors (Lipinski definition) is 1. The Bertz CT molecular complexity index is 498. The van der Waals surface area contributed by atoms with Gasteiger partial charge in [0.25, 0.3) is 0 Å². The lowest BCUT2D eigenvalue weighted by atomic mass is 10.1. The Labute approximate surface area is 139 Å². The Kier molecular flexibility index (Phi) is 10.3. The highest BCUT2D eigenvalue weighted by atomic mass is 16.5. The number of methoxy groups -OCH3 is 1. The number of carbonyl (C=O) groups is 1. The van der Waals surface area contributed by atoms with E-state index in [1.807, 2.05) is 30.3 Å². The highest BCUT2D eigenvalue weighted by Crippen LogP contribution is 2.14. The van der Waals surface area contributed by atoms with Gasteiger partial charge in [0, 0.05) is 12.0 Å². The maximum atomic E-state index is 11.7. The first-order chi connectivity index (χ1) is 11.3. The molecule has 0 atom stereocenters. The maximum absolute atomic E-state index is 11.7. The lowest BCUT2D eigenvalue weighted by Gasteiger charge is -2.03. The van der Waals surface area contributed by atoms with Crippen molar-refractivity contribution < 1.29 is 9.53 Å². The molecule has 0 unspecified atom stereocenters. The van der Waals surface area contributed by atoms with Crippen molar-refractivity contribution in [3.05, 3.63) is 42.5 Å². The normalized spacial score (nSPS) is 10.7. The Balaban J connectivity index is 2.12. The van der Waals surface area contributed by atoms with Crippen LogP contribution >= 0.6 is 0 Å². The molecule has 1 aromatic carbocycles. The minimum atomic E-state index is -0.0391. The van der Waals surface area contributed by atoms with E-state index in [2.05, 4.69) is 17.1 Å². The van der Waals surface area contributed by atoms with Crippen molar-refractivity contribution in [1.82, 2.24) is 5.43 Å². The standard InChI is InChI=1S/C19H28N2O2/c1-3-4-5-6-7-8-9-10-15-19(22)21-20-16-17-13-11-12-14-18(17)23-2/h3,11-14,16H,1,4-10,15H2,2H3,(H,21,22)/b20-16-. The number of hydrazone groups is 1. The maximum Gasteiger partial charge on any atom is 0.240 e. The number of rotatable bonds is 12. The van der Waals surface area contributed by atoms with Gasteiger partial charge in [0.05, 0.1) is 13.3 Å². The van der Waals surface area contributed by atoms with Crippen LogP contribution in [0.15, 0.2) is 42.0 Å². The molecule has 126 valence electrons. The predicted octanol–water partition coefficient (Wildman–Crippen LogP) is 4.45. The number of carbonyl (C=O) groups excluding carboxylic acids is 1. The van der Waals surface area contributed by atoms with Crippen LogP contribution in [0, 0.1) is 0 Å². The number of nitrogens with one attached hydrogen (secondary N) is 1. The van der Waals surface area contributed by atoms with Gasteiger partial charge in [-0.05, 0) is 31.4 Å². The van der Waals surface area contributed by atoms with E-state index in [9.17, 15) is 4.79 Å². The summed E-state index contributed by atoms with van der Waals surface area (Å²) in [6, 6.07) is 7.55. The summed E-state index contributed by atoms with van der Waals surface area (Å²) in [5.74, 6) is 0.699. The fourth-order valence-corrected chi connectivity index (χ4v) is 2.28. The summed E-state index contributed by atoms with van der Waals surface area (Å²) in [7, 11) is 1.61. The van der Waals surface area contributed by atoms with E-state index in [4.69, 9.17) is 4.74 Å². The van der Waals surface area contributed by atoms with Gasteiger partial charge in [0.15, 0.2) is 0 Å². The summed E-state index contributed by atoms with van der Waals surface area (Å²) in [6.07, 6.45) is 12.1. The summed E-state index contributed by atoms with van der Waals surface area (Å²) in [5, 5.41) is 3.99. The third kappa shape index (κ3) is 8.81. The molecule has 1 aromatic rings. The fourth-order valence-electron chi connectivity index (χ4n) is 2.28. The second-order valence-corrected chi connectivity index (χ2v) is 5.48. The van der Waals surface area contributed by atoms with Crippen molar-refractivity contribution in [2.24, 2.45) is 5.10 Å². The highest BCUT2D eigenvalue weighted by Gasteiger charge is 2.00. The van der Waals surface area contributed by atoms with Crippen LogP contribution in [0.4, 0.5) is 0 Å². The molecule has 0 radical (unpaired) electrons.